The van der Waals surface area contributed by atoms with Gasteiger partial charge in [-0.3, -0.25) is 0 Å². The van der Waals surface area contributed by atoms with E-state index in [1.807, 2.05) is 0 Å². The molecule has 0 aromatic heterocycles. The van der Waals surface area contributed by atoms with E-state index in [0.717, 1.165) is 25.2 Å². The van der Waals surface area contributed by atoms with Crippen LogP contribution in [0.4, 0.5) is 0 Å². The zero-order valence-corrected chi connectivity index (χ0v) is 13.2. The zero-order chi connectivity index (χ0) is 14.7. The molecule has 2 aliphatic carbocycles. The summed E-state index contributed by atoms with van der Waals surface area (Å²) < 4.78 is 11.4. The smallest absolute Gasteiger partial charge is 0.119 e. The lowest BCUT2D eigenvalue weighted by Gasteiger charge is -2.53. The van der Waals surface area contributed by atoms with E-state index in [1.165, 1.54) is 31.2 Å². The molecule has 3 nitrogen and oxygen atoms in total. The first-order valence-corrected chi connectivity index (χ1v) is 8.20. The molecule has 2 unspecified atom stereocenters. The van der Waals surface area contributed by atoms with Crippen molar-refractivity contribution in [2.75, 3.05) is 20.8 Å². The van der Waals surface area contributed by atoms with Gasteiger partial charge in [-0.05, 0) is 44.0 Å². The SMILES string of the molecule is CNC1CC(Oc2ccc(CCOC)cc2)C12CCCC2. The fourth-order valence-electron chi connectivity index (χ4n) is 4.14. The number of ether oxygens (including phenoxy) is 2. The van der Waals surface area contributed by atoms with Crippen molar-refractivity contribution in [3.05, 3.63) is 29.8 Å². The average Bonchev–Trinajstić information content (AvgIpc) is 3.03. The lowest BCUT2D eigenvalue weighted by atomic mass is 9.60. The molecule has 1 aromatic rings. The van der Waals surface area contributed by atoms with Crippen LogP contribution in [0, 0.1) is 5.41 Å². The van der Waals surface area contributed by atoms with Crippen molar-refractivity contribution in [3.8, 4) is 5.75 Å². The third kappa shape index (κ3) is 2.82. The minimum absolute atomic E-state index is 0.391. The molecule has 0 bridgehead atoms. The summed E-state index contributed by atoms with van der Waals surface area (Å²) in [6, 6.07) is 9.18. The molecule has 1 aromatic carbocycles. The van der Waals surface area contributed by atoms with Crippen molar-refractivity contribution in [2.24, 2.45) is 5.41 Å². The van der Waals surface area contributed by atoms with Crippen LogP contribution in [-0.2, 0) is 11.2 Å². The number of hydrogen-bond donors (Lipinski definition) is 1. The van der Waals surface area contributed by atoms with Gasteiger partial charge in [0.15, 0.2) is 0 Å². The number of methoxy groups -OCH3 is 1. The molecule has 116 valence electrons. The summed E-state index contributed by atoms with van der Waals surface area (Å²) in [6.07, 6.45) is 7.84. The summed E-state index contributed by atoms with van der Waals surface area (Å²) in [7, 11) is 3.83. The molecule has 1 N–H and O–H groups in total. The summed E-state index contributed by atoms with van der Waals surface area (Å²) in [5.41, 5.74) is 1.70. The van der Waals surface area contributed by atoms with Crippen molar-refractivity contribution < 1.29 is 9.47 Å². The van der Waals surface area contributed by atoms with Gasteiger partial charge in [0.2, 0.25) is 0 Å². The first kappa shape index (κ1) is 14.9. The van der Waals surface area contributed by atoms with E-state index >= 15 is 0 Å². The number of nitrogens with one attached hydrogen (secondary N) is 1. The first-order chi connectivity index (χ1) is 10.3. The maximum atomic E-state index is 6.31. The van der Waals surface area contributed by atoms with Crippen LogP contribution >= 0.6 is 0 Å². The van der Waals surface area contributed by atoms with Gasteiger partial charge in [0.1, 0.15) is 11.9 Å². The monoisotopic (exact) mass is 289 g/mol. The molecule has 2 fully saturated rings. The molecule has 2 aliphatic rings. The Kier molecular flexibility index (Phi) is 4.51. The molecule has 3 rings (SSSR count). The van der Waals surface area contributed by atoms with Gasteiger partial charge >= 0.3 is 0 Å². The number of benzene rings is 1. The predicted octanol–water partition coefficient (Wildman–Crippen LogP) is 3.18. The van der Waals surface area contributed by atoms with Crippen LogP contribution in [0.5, 0.6) is 5.75 Å². The van der Waals surface area contributed by atoms with Gasteiger partial charge in [-0.2, -0.15) is 0 Å². The molecule has 0 aliphatic heterocycles. The van der Waals surface area contributed by atoms with Crippen molar-refractivity contribution >= 4 is 0 Å². The van der Waals surface area contributed by atoms with Crippen LogP contribution in [0.3, 0.4) is 0 Å². The highest BCUT2D eigenvalue weighted by atomic mass is 16.5. The van der Waals surface area contributed by atoms with E-state index in [2.05, 4.69) is 36.6 Å². The quantitative estimate of drug-likeness (QED) is 0.872. The Hall–Kier alpha value is -1.06. The molecular formula is C18H27NO2. The van der Waals surface area contributed by atoms with E-state index < -0.39 is 0 Å². The van der Waals surface area contributed by atoms with Gasteiger partial charge < -0.3 is 14.8 Å². The third-order valence-corrected chi connectivity index (χ3v) is 5.46. The van der Waals surface area contributed by atoms with Crippen molar-refractivity contribution in [1.29, 1.82) is 0 Å². The van der Waals surface area contributed by atoms with Gasteiger partial charge in [-0.15, -0.1) is 0 Å². The van der Waals surface area contributed by atoms with Gasteiger partial charge in [0.05, 0.1) is 6.61 Å². The van der Waals surface area contributed by atoms with E-state index in [0.29, 0.717) is 17.6 Å². The highest BCUT2D eigenvalue weighted by Crippen LogP contribution is 2.54. The van der Waals surface area contributed by atoms with Crippen molar-refractivity contribution in [2.45, 2.75) is 50.7 Å². The summed E-state index contributed by atoms with van der Waals surface area (Å²) in [4.78, 5) is 0. The lowest BCUT2D eigenvalue weighted by molar-refractivity contribution is -0.0736. The molecule has 0 saturated heterocycles. The molecule has 2 atom stereocenters. The Labute approximate surface area is 128 Å². The second kappa shape index (κ2) is 6.37. The van der Waals surface area contributed by atoms with Gasteiger partial charge in [0, 0.05) is 25.0 Å². The lowest BCUT2D eigenvalue weighted by Crippen LogP contribution is -2.63. The van der Waals surface area contributed by atoms with Crippen LogP contribution in [0.2, 0.25) is 0 Å². The topological polar surface area (TPSA) is 30.5 Å². The van der Waals surface area contributed by atoms with Gasteiger partial charge in [-0.1, -0.05) is 25.0 Å². The molecule has 1 spiro atoms. The van der Waals surface area contributed by atoms with E-state index in [1.54, 1.807) is 7.11 Å². The van der Waals surface area contributed by atoms with Crippen LogP contribution in [0.1, 0.15) is 37.7 Å². The summed E-state index contributed by atoms with van der Waals surface area (Å²) in [5, 5.41) is 3.49. The summed E-state index contributed by atoms with van der Waals surface area (Å²) in [6.45, 7) is 0.774. The van der Waals surface area contributed by atoms with E-state index in [4.69, 9.17) is 9.47 Å². The largest absolute Gasteiger partial charge is 0.490 e. The van der Waals surface area contributed by atoms with Gasteiger partial charge in [-0.25, -0.2) is 0 Å². The average molecular weight is 289 g/mol. The zero-order valence-electron chi connectivity index (χ0n) is 13.2. The number of hydrogen-bond acceptors (Lipinski definition) is 3. The first-order valence-electron chi connectivity index (χ1n) is 8.20. The Morgan fingerprint density at radius 2 is 1.90 bits per heavy atom. The highest BCUT2D eigenvalue weighted by Gasteiger charge is 2.56. The fraction of sp³-hybridized carbons (Fsp3) is 0.667. The second-order valence-electron chi connectivity index (χ2n) is 6.51. The van der Waals surface area contributed by atoms with E-state index in [-0.39, 0.29) is 0 Å². The highest BCUT2D eigenvalue weighted by molar-refractivity contribution is 5.28. The standard InChI is InChI=1S/C18H27NO2/c1-19-16-13-17(18(16)10-3-4-11-18)21-15-7-5-14(6-8-15)9-12-20-2/h5-8,16-17,19H,3-4,9-13H2,1-2H3. The fourth-order valence-corrected chi connectivity index (χ4v) is 4.14. The molecule has 21 heavy (non-hydrogen) atoms. The summed E-state index contributed by atoms with van der Waals surface area (Å²) >= 11 is 0. The van der Waals surface area contributed by atoms with Crippen LogP contribution < -0.4 is 10.1 Å². The Morgan fingerprint density at radius 1 is 1.19 bits per heavy atom. The maximum absolute atomic E-state index is 6.31. The number of rotatable bonds is 6. The molecule has 0 heterocycles. The minimum atomic E-state index is 0.391. The molecule has 0 radical (unpaired) electrons. The predicted molar refractivity (Wildman–Crippen MR) is 84.8 cm³/mol. The molecular weight excluding hydrogens is 262 g/mol. The minimum Gasteiger partial charge on any atom is -0.490 e. The second-order valence-corrected chi connectivity index (χ2v) is 6.51. The van der Waals surface area contributed by atoms with E-state index in [9.17, 15) is 0 Å². The van der Waals surface area contributed by atoms with Gasteiger partial charge in [0.25, 0.3) is 0 Å². The molecule has 0 amide bonds. The Balaban J connectivity index is 1.61. The van der Waals surface area contributed by atoms with Crippen molar-refractivity contribution in [3.63, 3.8) is 0 Å². The molecule has 2 saturated carbocycles. The normalized spacial score (nSPS) is 26.8. The van der Waals surface area contributed by atoms with Crippen LogP contribution in [0.25, 0.3) is 0 Å². The Morgan fingerprint density at radius 3 is 2.52 bits per heavy atom. The third-order valence-electron chi connectivity index (χ3n) is 5.46. The van der Waals surface area contributed by atoms with Crippen LogP contribution in [0.15, 0.2) is 24.3 Å². The van der Waals surface area contributed by atoms with Crippen LogP contribution in [-0.4, -0.2) is 32.9 Å². The molecule has 3 heteroatoms. The van der Waals surface area contributed by atoms with Crippen molar-refractivity contribution in [1.82, 2.24) is 5.32 Å². The Bertz CT molecular complexity index is 451. The maximum Gasteiger partial charge on any atom is 0.119 e. The summed E-state index contributed by atoms with van der Waals surface area (Å²) in [5.74, 6) is 1.02.